The second kappa shape index (κ2) is 3.94. The van der Waals surface area contributed by atoms with Gasteiger partial charge in [-0.15, -0.1) is 0 Å². The molecule has 2 heterocycles. The summed E-state index contributed by atoms with van der Waals surface area (Å²) in [5.74, 6) is 1.48. The molecular weight excluding hydrogens is 214 g/mol. The molecule has 1 saturated heterocycles. The highest BCUT2D eigenvalue weighted by Crippen LogP contribution is 2.27. The van der Waals surface area contributed by atoms with Crippen molar-refractivity contribution in [1.82, 2.24) is 9.97 Å². The van der Waals surface area contributed by atoms with Gasteiger partial charge in [0, 0.05) is 24.2 Å². The molecule has 2 rings (SSSR count). The summed E-state index contributed by atoms with van der Waals surface area (Å²) in [6.45, 7) is 0.552. The third-order valence-electron chi connectivity index (χ3n) is 2.70. The topological polar surface area (TPSA) is 88.8 Å². The minimum atomic E-state index is -2.82. The molecule has 84 valence electrons. The SMILES string of the molecule is NCCc1ncc(C2CCS(=O)(=O)C2)[nH]1. The van der Waals surface area contributed by atoms with Gasteiger partial charge in [0.25, 0.3) is 0 Å². The summed E-state index contributed by atoms with van der Waals surface area (Å²) >= 11 is 0. The Labute approximate surface area is 89.0 Å². The van der Waals surface area contributed by atoms with Crippen LogP contribution in [0.15, 0.2) is 6.20 Å². The Bertz CT molecular complexity index is 438. The van der Waals surface area contributed by atoms with E-state index in [-0.39, 0.29) is 11.7 Å². The quantitative estimate of drug-likeness (QED) is 0.752. The monoisotopic (exact) mass is 229 g/mol. The van der Waals surface area contributed by atoms with Gasteiger partial charge in [-0.2, -0.15) is 0 Å². The lowest BCUT2D eigenvalue weighted by atomic mass is 10.1. The normalized spacial score (nSPS) is 24.5. The van der Waals surface area contributed by atoms with Crippen LogP contribution in [0.4, 0.5) is 0 Å². The molecule has 0 saturated carbocycles. The van der Waals surface area contributed by atoms with E-state index in [0.29, 0.717) is 25.1 Å². The number of imidazole rings is 1. The molecule has 1 aromatic heterocycles. The van der Waals surface area contributed by atoms with Crippen molar-refractivity contribution >= 4 is 9.84 Å². The Balaban J connectivity index is 2.10. The van der Waals surface area contributed by atoms with Crippen molar-refractivity contribution in [3.8, 4) is 0 Å². The van der Waals surface area contributed by atoms with Gasteiger partial charge in [0.1, 0.15) is 5.82 Å². The molecule has 1 aliphatic rings. The maximum Gasteiger partial charge on any atom is 0.151 e. The van der Waals surface area contributed by atoms with Gasteiger partial charge in [-0.3, -0.25) is 0 Å². The molecule has 3 N–H and O–H groups in total. The zero-order valence-corrected chi connectivity index (χ0v) is 9.26. The highest BCUT2D eigenvalue weighted by molar-refractivity contribution is 7.91. The van der Waals surface area contributed by atoms with E-state index in [4.69, 9.17) is 5.73 Å². The molecular formula is C9H15N3O2S. The van der Waals surface area contributed by atoms with Crippen molar-refractivity contribution in [3.05, 3.63) is 17.7 Å². The Morgan fingerprint density at radius 3 is 3.00 bits per heavy atom. The molecule has 15 heavy (non-hydrogen) atoms. The molecule has 1 atom stereocenters. The summed E-state index contributed by atoms with van der Waals surface area (Å²) in [5.41, 5.74) is 6.34. The molecule has 1 aromatic rings. The van der Waals surface area contributed by atoms with Crippen molar-refractivity contribution in [2.75, 3.05) is 18.1 Å². The highest BCUT2D eigenvalue weighted by atomic mass is 32.2. The van der Waals surface area contributed by atoms with Gasteiger partial charge in [0.2, 0.25) is 0 Å². The van der Waals surface area contributed by atoms with Crippen LogP contribution in [-0.4, -0.2) is 36.4 Å². The largest absolute Gasteiger partial charge is 0.346 e. The van der Waals surface area contributed by atoms with Crippen molar-refractivity contribution in [3.63, 3.8) is 0 Å². The lowest BCUT2D eigenvalue weighted by Gasteiger charge is -2.02. The van der Waals surface area contributed by atoms with Gasteiger partial charge in [-0.05, 0) is 13.0 Å². The minimum Gasteiger partial charge on any atom is -0.346 e. The molecule has 0 aromatic carbocycles. The van der Waals surface area contributed by atoms with Gasteiger partial charge in [-0.1, -0.05) is 0 Å². The maximum absolute atomic E-state index is 11.3. The molecule has 6 heteroatoms. The summed E-state index contributed by atoms with van der Waals surface area (Å²) < 4.78 is 22.6. The lowest BCUT2D eigenvalue weighted by molar-refractivity contribution is 0.601. The zero-order valence-electron chi connectivity index (χ0n) is 8.44. The van der Waals surface area contributed by atoms with E-state index in [2.05, 4.69) is 9.97 Å². The second-order valence-electron chi connectivity index (χ2n) is 3.92. The summed E-state index contributed by atoms with van der Waals surface area (Å²) in [6, 6.07) is 0. The third kappa shape index (κ3) is 2.38. The first-order chi connectivity index (χ1) is 7.11. The molecule has 1 unspecified atom stereocenters. The van der Waals surface area contributed by atoms with Crippen LogP contribution in [0.25, 0.3) is 0 Å². The number of H-pyrrole nitrogens is 1. The fraction of sp³-hybridized carbons (Fsp3) is 0.667. The number of hydrogen-bond donors (Lipinski definition) is 2. The van der Waals surface area contributed by atoms with Crippen LogP contribution < -0.4 is 5.73 Å². The number of nitrogens with zero attached hydrogens (tertiary/aromatic N) is 1. The Morgan fingerprint density at radius 1 is 1.60 bits per heavy atom. The standard InChI is InChI=1S/C9H15N3O2S/c10-3-1-9-11-5-8(12-9)7-2-4-15(13,14)6-7/h5,7H,1-4,6,10H2,(H,11,12). The number of nitrogens with two attached hydrogens (primary N) is 1. The summed E-state index contributed by atoms with van der Waals surface area (Å²) in [6.07, 6.45) is 3.14. The van der Waals surface area contributed by atoms with E-state index in [1.807, 2.05) is 0 Å². The van der Waals surface area contributed by atoms with Crippen LogP contribution in [0.1, 0.15) is 23.9 Å². The Hall–Kier alpha value is -0.880. The van der Waals surface area contributed by atoms with Crippen LogP contribution in [-0.2, 0) is 16.3 Å². The third-order valence-corrected chi connectivity index (χ3v) is 4.47. The lowest BCUT2D eigenvalue weighted by Crippen LogP contribution is -2.05. The molecule has 0 bridgehead atoms. The molecule has 0 aliphatic carbocycles. The molecule has 0 amide bonds. The van der Waals surface area contributed by atoms with Gasteiger partial charge in [0.05, 0.1) is 11.5 Å². The second-order valence-corrected chi connectivity index (χ2v) is 6.15. The van der Waals surface area contributed by atoms with Crippen molar-refractivity contribution in [1.29, 1.82) is 0 Å². The van der Waals surface area contributed by atoms with Crippen molar-refractivity contribution < 1.29 is 8.42 Å². The number of hydrogen-bond acceptors (Lipinski definition) is 4. The average Bonchev–Trinajstić information content (AvgIpc) is 2.73. The predicted molar refractivity (Wildman–Crippen MR) is 57.4 cm³/mol. The van der Waals surface area contributed by atoms with E-state index < -0.39 is 9.84 Å². The van der Waals surface area contributed by atoms with E-state index in [9.17, 15) is 8.42 Å². The van der Waals surface area contributed by atoms with Gasteiger partial charge >= 0.3 is 0 Å². The molecule has 5 nitrogen and oxygen atoms in total. The maximum atomic E-state index is 11.3. The Morgan fingerprint density at radius 2 is 2.40 bits per heavy atom. The minimum absolute atomic E-state index is 0.0917. The molecule has 0 radical (unpaired) electrons. The van der Waals surface area contributed by atoms with Crippen molar-refractivity contribution in [2.24, 2.45) is 5.73 Å². The van der Waals surface area contributed by atoms with E-state index in [1.165, 1.54) is 0 Å². The van der Waals surface area contributed by atoms with Gasteiger partial charge in [-0.25, -0.2) is 13.4 Å². The fourth-order valence-electron chi connectivity index (χ4n) is 1.89. The molecule has 1 fully saturated rings. The number of nitrogens with one attached hydrogen (secondary N) is 1. The smallest absolute Gasteiger partial charge is 0.151 e. The average molecular weight is 229 g/mol. The van der Waals surface area contributed by atoms with Gasteiger partial charge < -0.3 is 10.7 Å². The zero-order chi connectivity index (χ0) is 10.9. The summed E-state index contributed by atoms with van der Waals surface area (Å²) in [7, 11) is -2.82. The van der Waals surface area contributed by atoms with Crippen LogP contribution in [0, 0.1) is 0 Å². The van der Waals surface area contributed by atoms with E-state index in [0.717, 1.165) is 11.5 Å². The van der Waals surface area contributed by atoms with Crippen LogP contribution in [0.5, 0.6) is 0 Å². The molecule has 0 spiro atoms. The van der Waals surface area contributed by atoms with E-state index >= 15 is 0 Å². The number of sulfone groups is 1. The fourth-order valence-corrected chi connectivity index (χ4v) is 3.66. The predicted octanol–water partition coefficient (Wildman–Crippen LogP) is -0.187. The number of aromatic nitrogens is 2. The van der Waals surface area contributed by atoms with E-state index in [1.54, 1.807) is 6.20 Å². The van der Waals surface area contributed by atoms with Crippen LogP contribution >= 0.6 is 0 Å². The summed E-state index contributed by atoms with van der Waals surface area (Å²) in [4.78, 5) is 7.31. The summed E-state index contributed by atoms with van der Waals surface area (Å²) in [5, 5.41) is 0. The molecule has 1 aliphatic heterocycles. The number of aromatic amines is 1. The Kier molecular flexibility index (Phi) is 2.79. The van der Waals surface area contributed by atoms with Gasteiger partial charge in [0.15, 0.2) is 9.84 Å². The number of rotatable bonds is 3. The highest BCUT2D eigenvalue weighted by Gasteiger charge is 2.30. The first-order valence-electron chi connectivity index (χ1n) is 5.05. The first-order valence-corrected chi connectivity index (χ1v) is 6.87. The first kappa shape index (κ1) is 10.6. The van der Waals surface area contributed by atoms with Crippen LogP contribution in [0.2, 0.25) is 0 Å². The van der Waals surface area contributed by atoms with Crippen LogP contribution in [0.3, 0.4) is 0 Å². The van der Waals surface area contributed by atoms with Crippen molar-refractivity contribution in [2.45, 2.75) is 18.8 Å².